The highest BCUT2D eigenvalue weighted by molar-refractivity contribution is 9.10. The maximum Gasteiger partial charge on any atom is 0.165 e. The second-order valence-corrected chi connectivity index (χ2v) is 4.80. The molecule has 2 rings (SSSR count). The predicted molar refractivity (Wildman–Crippen MR) is 74.4 cm³/mol. The first kappa shape index (κ1) is 13.8. The average Bonchev–Trinajstić information content (AvgIpc) is 2.38. The van der Waals surface area contributed by atoms with E-state index in [1.54, 1.807) is 18.2 Å². The van der Waals surface area contributed by atoms with Crippen molar-refractivity contribution in [1.82, 2.24) is 0 Å². The van der Waals surface area contributed by atoms with Crippen LogP contribution in [0.4, 0.5) is 14.5 Å². The first-order chi connectivity index (χ1) is 9.10. The molecule has 2 aromatic carbocycles. The van der Waals surface area contributed by atoms with Crippen LogP contribution in [0.1, 0.15) is 5.56 Å². The summed E-state index contributed by atoms with van der Waals surface area (Å²) in [6.45, 7) is 0.436. The van der Waals surface area contributed by atoms with Gasteiger partial charge in [-0.2, -0.15) is 0 Å². The Morgan fingerprint density at radius 1 is 1.16 bits per heavy atom. The van der Waals surface area contributed by atoms with Gasteiger partial charge in [0.1, 0.15) is 5.82 Å². The van der Waals surface area contributed by atoms with Gasteiger partial charge in [-0.1, -0.05) is 6.07 Å². The number of ether oxygens (including phenoxy) is 1. The van der Waals surface area contributed by atoms with Crippen molar-refractivity contribution < 1.29 is 13.5 Å². The third-order valence-corrected chi connectivity index (χ3v) is 3.29. The van der Waals surface area contributed by atoms with E-state index < -0.39 is 5.82 Å². The van der Waals surface area contributed by atoms with Crippen molar-refractivity contribution in [2.75, 3.05) is 12.4 Å². The van der Waals surface area contributed by atoms with Gasteiger partial charge in [-0.3, -0.25) is 0 Å². The van der Waals surface area contributed by atoms with E-state index in [4.69, 9.17) is 4.74 Å². The van der Waals surface area contributed by atoms with Crippen molar-refractivity contribution in [3.05, 3.63) is 58.1 Å². The first-order valence-electron chi connectivity index (χ1n) is 5.61. The molecule has 0 bridgehead atoms. The van der Waals surface area contributed by atoms with Crippen LogP contribution in [-0.4, -0.2) is 7.11 Å². The van der Waals surface area contributed by atoms with Gasteiger partial charge >= 0.3 is 0 Å². The van der Waals surface area contributed by atoms with E-state index in [1.165, 1.54) is 25.3 Å². The van der Waals surface area contributed by atoms with Crippen LogP contribution < -0.4 is 10.1 Å². The average molecular weight is 328 g/mol. The second kappa shape index (κ2) is 6.02. The van der Waals surface area contributed by atoms with E-state index in [2.05, 4.69) is 21.2 Å². The zero-order valence-electron chi connectivity index (χ0n) is 10.2. The molecule has 0 aliphatic carbocycles. The summed E-state index contributed by atoms with van der Waals surface area (Å²) in [5.41, 5.74) is 1.52. The lowest BCUT2D eigenvalue weighted by atomic mass is 10.2. The molecule has 0 unspecified atom stereocenters. The highest BCUT2D eigenvalue weighted by Gasteiger charge is 2.05. The number of hydrogen-bond donors (Lipinski definition) is 1. The Morgan fingerprint density at radius 3 is 2.58 bits per heavy atom. The molecule has 1 N–H and O–H groups in total. The van der Waals surface area contributed by atoms with Crippen LogP contribution in [0.2, 0.25) is 0 Å². The maximum absolute atomic E-state index is 13.5. The molecule has 0 saturated carbocycles. The number of methoxy groups -OCH3 is 1. The number of rotatable bonds is 4. The predicted octanol–water partition coefficient (Wildman–Crippen LogP) is 4.35. The summed E-state index contributed by atoms with van der Waals surface area (Å²) in [5, 5.41) is 3.10. The summed E-state index contributed by atoms with van der Waals surface area (Å²) in [6.07, 6.45) is 0. The standard InChI is InChI=1S/C14H12BrF2NO/c1-19-14-5-2-9(6-12(14)17)8-18-13-4-3-10(16)7-11(13)15/h2-7,18H,8H2,1H3. The molecule has 2 aromatic rings. The number of halogens is 3. The molecule has 100 valence electrons. The summed E-state index contributed by atoms with van der Waals surface area (Å²) in [7, 11) is 1.42. The largest absolute Gasteiger partial charge is 0.494 e. The van der Waals surface area contributed by atoms with Crippen molar-refractivity contribution >= 4 is 21.6 Å². The molecular formula is C14H12BrF2NO. The quantitative estimate of drug-likeness (QED) is 0.901. The van der Waals surface area contributed by atoms with Crippen LogP contribution in [0.15, 0.2) is 40.9 Å². The van der Waals surface area contributed by atoms with E-state index in [0.29, 0.717) is 11.0 Å². The number of benzene rings is 2. The van der Waals surface area contributed by atoms with E-state index in [9.17, 15) is 8.78 Å². The fourth-order valence-corrected chi connectivity index (χ4v) is 2.14. The molecule has 0 heterocycles. The smallest absolute Gasteiger partial charge is 0.165 e. The number of nitrogens with one attached hydrogen (secondary N) is 1. The molecule has 5 heteroatoms. The summed E-state index contributed by atoms with van der Waals surface area (Å²) in [5.74, 6) is -0.500. The summed E-state index contributed by atoms with van der Waals surface area (Å²) in [4.78, 5) is 0. The third kappa shape index (κ3) is 3.44. The number of hydrogen-bond acceptors (Lipinski definition) is 2. The van der Waals surface area contributed by atoms with Crippen LogP contribution in [0.5, 0.6) is 5.75 Å². The zero-order valence-corrected chi connectivity index (χ0v) is 11.8. The topological polar surface area (TPSA) is 21.3 Å². The number of anilines is 1. The highest BCUT2D eigenvalue weighted by Crippen LogP contribution is 2.24. The maximum atomic E-state index is 13.5. The monoisotopic (exact) mass is 327 g/mol. The normalized spacial score (nSPS) is 10.3. The molecule has 0 radical (unpaired) electrons. The van der Waals surface area contributed by atoms with Gasteiger partial charge in [-0.25, -0.2) is 8.78 Å². The lowest BCUT2D eigenvalue weighted by Crippen LogP contribution is -2.01. The van der Waals surface area contributed by atoms with E-state index in [1.807, 2.05) is 0 Å². The van der Waals surface area contributed by atoms with Gasteiger partial charge in [0.25, 0.3) is 0 Å². The van der Waals surface area contributed by atoms with Crippen LogP contribution in [0, 0.1) is 11.6 Å². The minimum absolute atomic E-state index is 0.215. The van der Waals surface area contributed by atoms with Gasteiger partial charge in [0.05, 0.1) is 7.11 Å². The van der Waals surface area contributed by atoms with Gasteiger partial charge in [0.15, 0.2) is 11.6 Å². The van der Waals surface area contributed by atoms with Crippen molar-refractivity contribution in [3.8, 4) is 5.75 Å². The van der Waals surface area contributed by atoms with Crippen molar-refractivity contribution in [2.24, 2.45) is 0 Å². The Bertz CT molecular complexity index is 590. The zero-order chi connectivity index (χ0) is 13.8. The summed E-state index contributed by atoms with van der Waals surface area (Å²) >= 11 is 3.26. The van der Waals surface area contributed by atoms with Gasteiger partial charge in [0, 0.05) is 16.7 Å². The van der Waals surface area contributed by atoms with Gasteiger partial charge in [0.2, 0.25) is 0 Å². The molecule has 0 saturated heterocycles. The first-order valence-corrected chi connectivity index (χ1v) is 6.41. The van der Waals surface area contributed by atoms with Crippen LogP contribution >= 0.6 is 15.9 Å². The van der Waals surface area contributed by atoms with Crippen LogP contribution in [0.3, 0.4) is 0 Å². The van der Waals surface area contributed by atoms with E-state index in [-0.39, 0.29) is 11.6 Å². The van der Waals surface area contributed by atoms with Gasteiger partial charge in [-0.05, 0) is 51.8 Å². The lowest BCUT2D eigenvalue weighted by molar-refractivity contribution is 0.386. The lowest BCUT2D eigenvalue weighted by Gasteiger charge is -2.09. The molecule has 0 amide bonds. The minimum Gasteiger partial charge on any atom is -0.494 e. The molecule has 0 spiro atoms. The van der Waals surface area contributed by atoms with Crippen LogP contribution in [0.25, 0.3) is 0 Å². The molecule has 0 atom stereocenters. The Morgan fingerprint density at radius 2 is 1.95 bits per heavy atom. The Balaban J connectivity index is 2.08. The molecule has 0 aliphatic rings. The Kier molecular flexibility index (Phi) is 4.37. The second-order valence-electron chi connectivity index (χ2n) is 3.95. The fourth-order valence-electron chi connectivity index (χ4n) is 1.65. The summed E-state index contributed by atoms with van der Waals surface area (Å²) < 4.78 is 31.9. The third-order valence-electron chi connectivity index (χ3n) is 2.63. The van der Waals surface area contributed by atoms with E-state index in [0.717, 1.165) is 11.3 Å². The molecule has 0 aromatic heterocycles. The Hall–Kier alpha value is -1.62. The molecule has 2 nitrogen and oxygen atoms in total. The molecule has 19 heavy (non-hydrogen) atoms. The molecule has 0 fully saturated rings. The SMILES string of the molecule is COc1ccc(CNc2ccc(F)cc2Br)cc1F. The molecular weight excluding hydrogens is 316 g/mol. The Labute approximate surface area is 118 Å². The van der Waals surface area contributed by atoms with Gasteiger partial charge < -0.3 is 10.1 Å². The van der Waals surface area contributed by atoms with Crippen molar-refractivity contribution in [1.29, 1.82) is 0 Å². The highest BCUT2D eigenvalue weighted by atomic mass is 79.9. The summed E-state index contributed by atoms with van der Waals surface area (Å²) in [6, 6.07) is 9.11. The van der Waals surface area contributed by atoms with Crippen molar-refractivity contribution in [2.45, 2.75) is 6.54 Å². The van der Waals surface area contributed by atoms with Crippen LogP contribution in [-0.2, 0) is 6.54 Å². The van der Waals surface area contributed by atoms with Crippen molar-refractivity contribution in [3.63, 3.8) is 0 Å². The molecule has 0 aliphatic heterocycles. The van der Waals surface area contributed by atoms with E-state index >= 15 is 0 Å². The fraction of sp³-hybridized carbons (Fsp3) is 0.143. The van der Waals surface area contributed by atoms with Gasteiger partial charge in [-0.15, -0.1) is 0 Å². The minimum atomic E-state index is -0.403.